The van der Waals surface area contributed by atoms with Gasteiger partial charge in [0.05, 0.1) is 5.75 Å². The summed E-state index contributed by atoms with van der Waals surface area (Å²) in [5.41, 5.74) is 0.895. The van der Waals surface area contributed by atoms with Gasteiger partial charge in [0, 0.05) is 23.0 Å². The van der Waals surface area contributed by atoms with E-state index in [1.54, 1.807) is 17.9 Å². The Labute approximate surface area is 163 Å². The number of amides is 2. The van der Waals surface area contributed by atoms with Crippen molar-refractivity contribution in [2.75, 3.05) is 12.3 Å². The average Bonchev–Trinajstić information content (AvgIpc) is 2.64. The number of hydrogen-bond donors (Lipinski definition) is 1. The van der Waals surface area contributed by atoms with Crippen LogP contribution in [0.1, 0.15) is 19.4 Å². The zero-order valence-corrected chi connectivity index (χ0v) is 16.5. The number of rotatable bonds is 8. The second kappa shape index (κ2) is 10.2. The number of halogens is 1. The first-order chi connectivity index (χ1) is 12.5. The average molecular weight is 391 g/mol. The highest BCUT2D eigenvalue weighted by atomic mass is 35.5. The molecule has 0 aromatic heterocycles. The number of carbonyl (C=O) groups is 2. The highest BCUT2D eigenvalue weighted by molar-refractivity contribution is 8.00. The van der Waals surface area contributed by atoms with E-state index in [2.05, 4.69) is 5.32 Å². The molecule has 0 spiro atoms. The number of likely N-dealkylation sites (N-methyl/N-ethyl adjacent to an activating group) is 1. The molecule has 26 heavy (non-hydrogen) atoms. The van der Waals surface area contributed by atoms with Crippen molar-refractivity contribution in [3.05, 3.63) is 65.2 Å². The van der Waals surface area contributed by atoms with E-state index in [4.69, 9.17) is 11.6 Å². The van der Waals surface area contributed by atoms with Gasteiger partial charge < -0.3 is 10.2 Å². The second-order valence-corrected chi connectivity index (χ2v) is 7.31. The van der Waals surface area contributed by atoms with E-state index >= 15 is 0 Å². The zero-order chi connectivity index (χ0) is 18.9. The predicted molar refractivity (Wildman–Crippen MR) is 107 cm³/mol. The van der Waals surface area contributed by atoms with Gasteiger partial charge in [0.1, 0.15) is 6.04 Å². The molecule has 0 saturated heterocycles. The summed E-state index contributed by atoms with van der Waals surface area (Å²) in [5.74, 6) is 0.0269. The van der Waals surface area contributed by atoms with Gasteiger partial charge in [0.15, 0.2) is 0 Å². The Morgan fingerprint density at radius 3 is 2.54 bits per heavy atom. The normalized spacial score (nSPS) is 11.7. The molecule has 0 heterocycles. The third kappa shape index (κ3) is 6.07. The lowest BCUT2D eigenvalue weighted by Crippen LogP contribution is -2.48. The minimum absolute atomic E-state index is 0.0856. The van der Waals surface area contributed by atoms with Crippen LogP contribution in [-0.4, -0.2) is 35.1 Å². The third-order valence-electron chi connectivity index (χ3n) is 3.87. The number of nitrogens with one attached hydrogen (secondary N) is 1. The Balaban J connectivity index is 2.12. The number of hydrogen-bond acceptors (Lipinski definition) is 3. The molecule has 0 fully saturated rings. The van der Waals surface area contributed by atoms with Crippen LogP contribution in [0.25, 0.3) is 0 Å². The molecule has 1 atom stereocenters. The molecule has 1 N–H and O–H groups in total. The van der Waals surface area contributed by atoms with Gasteiger partial charge in [-0.1, -0.05) is 41.9 Å². The van der Waals surface area contributed by atoms with Crippen LogP contribution < -0.4 is 5.32 Å². The van der Waals surface area contributed by atoms with Gasteiger partial charge >= 0.3 is 0 Å². The molecule has 0 saturated carbocycles. The van der Waals surface area contributed by atoms with Gasteiger partial charge in [-0.15, -0.1) is 11.8 Å². The molecule has 0 aliphatic carbocycles. The lowest BCUT2D eigenvalue weighted by Gasteiger charge is -2.28. The molecule has 4 nitrogen and oxygen atoms in total. The highest BCUT2D eigenvalue weighted by Gasteiger charge is 2.25. The first-order valence-electron chi connectivity index (χ1n) is 8.50. The van der Waals surface area contributed by atoms with Gasteiger partial charge in [0.25, 0.3) is 0 Å². The lowest BCUT2D eigenvalue weighted by molar-refractivity contribution is -0.138. The Morgan fingerprint density at radius 2 is 1.88 bits per heavy atom. The zero-order valence-electron chi connectivity index (χ0n) is 14.9. The van der Waals surface area contributed by atoms with E-state index in [0.717, 1.165) is 10.5 Å². The smallest absolute Gasteiger partial charge is 0.242 e. The first-order valence-corrected chi connectivity index (χ1v) is 9.87. The fourth-order valence-corrected chi connectivity index (χ4v) is 3.50. The summed E-state index contributed by atoms with van der Waals surface area (Å²) < 4.78 is 0. The first kappa shape index (κ1) is 20.3. The molecule has 2 aromatic carbocycles. The molecule has 6 heteroatoms. The van der Waals surface area contributed by atoms with Gasteiger partial charge in [-0.25, -0.2) is 0 Å². The molecule has 0 aliphatic heterocycles. The van der Waals surface area contributed by atoms with Gasteiger partial charge in [-0.05, 0) is 43.7 Å². The molecule has 2 amide bonds. The molecule has 0 unspecified atom stereocenters. The van der Waals surface area contributed by atoms with E-state index in [0.29, 0.717) is 18.1 Å². The topological polar surface area (TPSA) is 49.4 Å². The van der Waals surface area contributed by atoms with Crippen molar-refractivity contribution in [1.82, 2.24) is 10.2 Å². The maximum absolute atomic E-state index is 12.8. The van der Waals surface area contributed by atoms with Crippen LogP contribution in [0.2, 0.25) is 5.02 Å². The molecule has 2 rings (SSSR count). The van der Waals surface area contributed by atoms with Crippen molar-refractivity contribution in [3.63, 3.8) is 0 Å². The van der Waals surface area contributed by atoms with Crippen molar-refractivity contribution in [2.45, 2.75) is 31.3 Å². The molecule has 0 bridgehead atoms. The predicted octanol–water partition coefficient (Wildman–Crippen LogP) is 3.99. The monoisotopic (exact) mass is 390 g/mol. The van der Waals surface area contributed by atoms with Crippen LogP contribution in [0.15, 0.2) is 59.5 Å². The Hall–Kier alpha value is -1.98. The molecule has 0 aliphatic rings. The summed E-state index contributed by atoms with van der Waals surface area (Å²) in [4.78, 5) is 27.8. The number of benzene rings is 2. The van der Waals surface area contributed by atoms with E-state index in [9.17, 15) is 9.59 Å². The molecule has 138 valence electrons. The van der Waals surface area contributed by atoms with Crippen molar-refractivity contribution in [2.24, 2.45) is 0 Å². The molecular weight excluding hydrogens is 368 g/mol. The summed E-state index contributed by atoms with van der Waals surface area (Å²) >= 11 is 7.52. The maximum Gasteiger partial charge on any atom is 0.242 e. The second-order valence-electron chi connectivity index (χ2n) is 5.82. The summed E-state index contributed by atoms with van der Waals surface area (Å²) in [6.07, 6.45) is 0. The molecular formula is C20H23ClN2O2S. The fraction of sp³-hybridized carbons (Fsp3) is 0.300. The lowest BCUT2D eigenvalue weighted by atomic mass is 10.1. The third-order valence-corrected chi connectivity index (χ3v) is 5.10. The SMILES string of the molecule is CCNC(=O)[C@@H](C)N(Cc1cccc(Cl)c1)C(=O)CSc1ccccc1. The Morgan fingerprint density at radius 1 is 1.15 bits per heavy atom. The molecule has 2 aromatic rings. The fourth-order valence-electron chi connectivity index (χ4n) is 2.48. The van der Waals surface area contributed by atoms with Crippen LogP contribution in [0.4, 0.5) is 0 Å². The largest absolute Gasteiger partial charge is 0.355 e. The van der Waals surface area contributed by atoms with E-state index in [1.165, 1.54) is 11.8 Å². The van der Waals surface area contributed by atoms with Gasteiger partial charge in [-0.3, -0.25) is 9.59 Å². The van der Waals surface area contributed by atoms with Crippen molar-refractivity contribution >= 4 is 35.2 Å². The summed E-state index contributed by atoms with van der Waals surface area (Å²) in [7, 11) is 0. The maximum atomic E-state index is 12.8. The van der Waals surface area contributed by atoms with Gasteiger partial charge in [0.2, 0.25) is 11.8 Å². The number of thioether (sulfide) groups is 1. The van der Waals surface area contributed by atoms with E-state index in [-0.39, 0.29) is 17.6 Å². The Kier molecular flexibility index (Phi) is 8.01. The highest BCUT2D eigenvalue weighted by Crippen LogP contribution is 2.20. The summed E-state index contributed by atoms with van der Waals surface area (Å²) in [6, 6.07) is 16.5. The minimum atomic E-state index is -0.558. The summed E-state index contributed by atoms with van der Waals surface area (Å²) in [5, 5.41) is 3.40. The summed E-state index contributed by atoms with van der Waals surface area (Å²) in [6.45, 7) is 4.48. The minimum Gasteiger partial charge on any atom is -0.355 e. The Bertz CT molecular complexity index is 740. The van der Waals surface area contributed by atoms with Crippen LogP contribution in [-0.2, 0) is 16.1 Å². The standard InChI is InChI=1S/C20H23ClN2O2S/c1-3-22-20(25)15(2)23(13-16-8-7-9-17(21)12-16)19(24)14-26-18-10-5-4-6-11-18/h4-12,15H,3,13-14H2,1-2H3,(H,22,25)/t15-/m1/s1. The van der Waals surface area contributed by atoms with Crippen LogP contribution in [0.3, 0.4) is 0 Å². The van der Waals surface area contributed by atoms with E-state index < -0.39 is 6.04 Å². The van der Waals surface area contributed by atoms with E-state index in [1.807, 2.05) is 55.5 Å². The van der Waals surface area contributed by atoms with Crippen molar-refractivity contribution in [1.29, 1.82) is 0 Å². The van der Waals surface area contributed by atoms with Crippen molar-refractivity contribution < 1.29 is 9.59 Å². The van der Waals surface area contributed by atoms with Crippen LogP contribution >= 0.6 is 23.4 Å². The van der Waals surface area contributed by atoms with Crippen LogP contribution in [0, 0.1) is 0 Å². The van der Waals surface area contributed by atoms with Crippen LogP contribution in [0.5, 0.6) is 0 Å². The van der Waals surface area contributed by atoms with Gasteiger partial charge in [-0.2, -0.15) is 0 Å². The van der Waals surface area contributed by atoms with Crippen molar-refractivity contribution in [3.8, 4) is 0 Å². The quantitative estimate of drug-likeness (QED) is 0.693. The number of carbonyl (C=O) groups excluding carboxylic acids is 2. The molecule has 0 radical (unpaired) electrons. The number of nitrogens with zero attached hydrogens (tertiary/aromatic N) is 1.